The van der Waals surface area contributed by atoms with E-state index in [4.69, 9.17) is 0 Å². The highest BCUT2D eigenvalue weighted by molar-refractivity contribution is 5.62. The quantitative estimate of drug-likeness (QED) is 0.619. The summed E-state index contributed by atoms with van der Waals surface area (Å²) in [5.41, 5.74) is -1.12. The first-order valence-electron chi connectivity index (χ1n) is 7.31. The number of hydrogen-bond donors (Lipinski definition) is 2. The van der Waals surface area contributed by atoms with Crippen molar-refractivity contribution in [2.24, 2.45) is 0 Å². The van der Waals surface area contributed by atoms with Gasteiger partial charge < -0.3 is 10.6 Å². The Balaban J connectivity index is 1.85. The number of halogens is 5. The highest BCUT2D eigenvalue weighted by Crippen LogP contribution is 2.35. The Labute approximate surface area is 144 Å². The largest absolute Gasteiger partial charge is 0.418 e. The minimum atomic E-state index is -4.54. The van der Waals surface area contributed by atoms with Gasteiger partial charge >= 0.3 is 6.18 Å². The third-order valence-corrected chi connectivity index (χ3v) is 3.33. The summed E-state index contributed by atoms with van der Waals surface area (Å²) in [5, 5.41) is 5.11. The van der Waals surface area contributed by atoms with Gasteiger partial charge in [-0.1, -0.05) is 12.1 Å². The maximum absolute atomic E-state index is 13.7. The SMILES string of the molecule is Fc1ccc(Nc2ccnc(Nc3ccccc3C(F)(F)F)n2)c(F)c1. The summed E-state index contributed by atoms with van der Waals surface area (Å²) in [6, 6.07) is 9.21. The number of alkyl halides is 3. The van der Waals surface area contributed by atoms with Crippen LogP contribution in [0.25, 0.3) is 0 Å². The zero-order valence-electron chi connectivity index (χ0n) is 13.0. The van der Waals surface area contributed by atoms with Gasteiger partial charge in [-0.15, -0.1) is 0 Å². The fourth-order valence-electron chi connectivity index (χ4n) is 2.18. The van der Waals surface area contributed by atoms with Gasteiger partial charge in [-0.2, -0.15) is 18.2 Å². The van der Waals surface area contributed by atoms with Gasteiger partial charge in [-0.25, -0.2) is 13.8 Å². The fraction of sp³-hybridized carbons (Fsp3) is 0.0588. The molecule has 0 atom stereocenters. The summed E-state index contributed by atoms with van der Waals surface area (Å²) in [6.07, 6.45) is -3.26. The van der Waals surface area contributed by atoms with Gasteiger partial charge in [0.05, 0.1) is 16.9 Å². The van der Waals surface area contributed by atoms with Crippen molar-refractivity contribution in [2.75, 3.05) is 10.6 Å². The number of hydrogen-bond acceptors (Lipinski definition) is 4. The molecule has 134 valence electrons. The Morgan fingerprint density at radius 1 is 0.846 bits per heavy atom. The van der Waals surface area contributed by atoms with Crippen molar-refractivity contribution in [1.29, 1.82) is 0 Å². The molecule has 0 unspecified atom stereocenters. The van der Waals surface area contributed by atoms with Crippen molar-refractivity contribution in [3.05, 3.63) is 71.9 Å². The molecule has 3 rings (SSSR count). The van der Waals surface area contributed by atoms with Crippen LogP contribution in [-0.4, -0.2) is 9.97 Å². The lowest BCUT2D eigenvalue weighted by Crippen LogP contribution is -2.09. The molecule has 2 N–H and O–H groups in total. The first-order chi connectivity index (χ1) is 12.3. The molecule has 0 saturated carbocycles. The third-order valence-electron chi connectivity index (χ3n) is 3.33. The van der Waals surface area contributed by atoms with Crippen LogP contribution in [-0.2, 0) is 6.18 Å². The summed E-state index contributed by atoms with van der Waals surface area (Å²) < 4.78 is 65.7. The molecular formula is C17H11F5N4. The van der Waals surface area contributed by atoms with Crippen molar-refractivity contribution in [3.63, 3.8) is 0 Å². The van der Waals surface area contributed by atoms with E-state index in [0.29, 0.717) is 6.07 Å². The van der Waals surface area contributed by atoms with Gasteiger partial charge in [0.15, 0.2) is 0 Å². The lowest BCUT2D eigenvalue weighted by atomic mass is 10.1. The van der Waals surface area contributed by atoms with Crippen LogP contribution in [0.1, 0.15) is 5.56 Å². The van der Waals surface area contributed by atoms with E-state index in [9.17, 15) is 22.0 Å². The lowest BCUT2D eigenvalue weighted by Gasteiger charge is -2.14. The average Bonchev–Trinajstić information content (AvgIpc) is 2.57. The first kappa shape index (κ1) is 17.6. The van der Waals surface area contributed by atoms with E-state index in [-0.39, 0.29) is 23.1 Å². The fourth-order valence-corrected chi connectivity index (χ4v) is 2.18. The van der Waals surface area contributed by atoms with Crippen molar-refractivity contribution < 1.29 is 22.0 Å². The molecule has 0 saturated heterocycles. The summed E-state index contributed by atoms with van der Waals surface area (Å²) in [6.45, 7) is 0. The topological polar surface area (TPSA) is 49.8 Å². The van der Waals surface area contributed by atoms with E-state index < -0.39 is 23.4 Å². The number of aromatic nitrogens is 2. The summed E-state index contributed by atoms with van der Waals surface area (Å²) >= 11 is 0. The van der Waals surface area contributed by atoms with Crippen LogP contribution in [0.3, 0.4) is 0 Å². The Bertz CT molecular complexity index is 927. The van der Waals surface area contributed by atoms with Gasteiger partial charge in [0.2, 0.25) is 5.95 Å². The average molecular weight is 366 g/mol. The van der Waals surface area contributed by atoms with Crippen LogP contribution < -0.4 is 10.6 Å². The molecule has 2 aromatic carbocycles. The third kappa shape index (κ3) is 4.05. The summed E-state index contributed by atoms with van der Waals surface area (Å²) in [7, 11) is 0. The predicted molar refractivity (Wildman–Crippen MR) is 86.4 cm³/mol. The van der Waals surface area contributed by atoms with E-state index in [1.807, 2.05) is 0 Å². The standard InChI is InChI=1S/C17H11F5N4/c18-10-5-6-14(12(19)9-10)24-15-7-8-23-16(26-15)25-13-4-2-1-3-11(13)17(20,21)22/h1-9H,(H2,23,24,25,26). The number of benzene rings is 2. The molecule has 0 aliphatic carbocycles. The molecule has 0 fully saturated rings. The van der Waals surface area contributed by atoms with Crippen LogP contribution in [0.5, 0.6) is 0 Å². The van der Waals surface area contributed by atoms with Gasteiger partial charge in [-0.3, -0.25) is 0 Å². The molecule has 0 aliphatic rings. The molecule has 0 radical (unpaired) electrons. The molecule has 26 heavy (non-hydrogen) atoms. The second-order valence-electron chi connectivity index (χ2n) is 5.18. The molecule has 0 aliphatic heterocycles. The molecular weight excluding hydrogens is 355 g/mol. The maximum Gasteiger partial charge on any atom is 0.418 e. The molecule has 9 heteroatoms. The zero-order valence-corrected chi connectivity index (χ0v) is 13.0. The molecule has 1 aromatic heterocycles. The van der Waals surface area contributed by atoms with Gasteiger partial charge in [-0.05, 0) is 30.3 Å². The Kier molecular flexibility index (Phi) is 4.70. The normalized spacial score (nSPS) is 11.3. The number of rotatable bonds is 4. The second-order valence-corrected chi connectivity index (χ2v) is 5.18. The van der Waals surface area contributed by atoms with E-state index in [2.05, 4.69) is 20.6 Å². The van der Waals surface area contributed by atoms with Gasteiger partial charge in [0, 0.05) is 12.3 Å². The first-order valence-corrected chi connectivity index (χ1v) is 7.31. The van der Waals surface area contributed by atoms with E-state index in [0.717, 1.165) is 12.1 Å². The number of nitrogens with zero attached hydrogens (tertiary/aromatic N) is 2. The number of nitrogens with one attached hydrogen (secondary N) is 2. The Morgan fingerprint density at radius 2 is 1.62 bits per heavy atom. The maximum atomic E-state index is 13.7. The second kappa shape index (κ2) is 6.95. The molecule has 1 heterocycles. The van der Waals surface area contributed by atoms with E-state index >= 15 is 0 Å². The van der Waals surface area contributed by atoms with Crippen LogP contribution in [0.4, 0.5) is 45.1 Å². The summed E-state index contributed by atoms with van der Waals surface area (Å²) in [5.74, 6) is -1.56. The van der Waals surface area contributed by atoms with Crippen molar-refractivity contribution in [3.8, 4) is 0 Å². The zero-order chi connectivity index (χ0) is 18.7. The summed E-state index contributed by atoms with van der Waals surface area (Å²) in [4.78, 5) is 7.84. The van der Waals surface area contributed by atoms with Crippen molar-refractivity contribution in [2.45, 2.75) is 6.18 Å². The Hall–Kier alpha value is -3.23. The highest BCUT2D eigenvalue weighted by atomic mass is 19.4. The molecule has 0 spiro atoms. The molecule has 3 aromatic rings. The molecule has 4 nitrogen and oxygen atoms in total. The smallest absolute Gasteiger partial charge is 0.338 e. The molecule has 0 amide bonds. The monoisotopic (exact) mass is 366 g/mol. The minimum absolute atomic E-state index is 0.0354. The highest BCUT2D eigenvalue weighted by Gasteiger charge is 2.33. The van der Waals surface area contributed by atoms with Gasteiger partial charge in [0.25, 0.3) is 0 Å². The number of para-hydroxylation sites is 1. The minimum Gasteiger partial charge on any atom is -0.338 e. The Morgan fingerprint density at radius 3 is 2.35 bits per heavy atom. The van der Waals surface area contributed by atoms with Crippen molar-refractivity contribution >= 4 is 23.1 Å². The lowest BCUT2D eigenvalue weighted by molar-refractivity contribution is -0.136. The number of anilines is 4. The van der Waals surface area contributed by atoms with E-state index in [1.54, 1.807) is 0 Å². The molecule has 0 bridgehead atoms. The van der Waals surface area contributed by atoms with Crippen LogP contribution in [0, 0.1) is 11.6 Å². The van der Waals surface area contributed by atoms with Crippen LogP contribution in [0.2, 0.25) is 0 Å². The van der Waals surface area contributed by atoms with Gasteiger partial charge in [0.1, 0.15) is 17.5 Å². The van der Waals surface area contributed by atoms with Crippen LogP contribution in [0.15, 0.2) is 54.7 Å². The van der Waals surface area contributed by atoms with Crippen LogP contribution >= 0.6 is 0 Å². The van der Waals surface area contributed by atoms with E-state index in [1.165, 1.54) is 36.5 Å². The predicted octanol–water partition coefficient (Wildman–Crippen LogP) is 5.26. The van der Waals surface area contributed by atoms with Crippen molar-refractivity contribution in [1.82, 2.24) is 9.97 Å².